The summed E-state index contributed by atoms with van der Waals surface area (Å²) in [5, 5.41) is 2.90. The summed E-state index contributed by atoms with van der Waals surface area (Å²) in [7, 11) is 0. The average molecular weight is 192 g/mol. The van der Waals surface area contributed by atoms with Gasteiger partial charge < -0.3 is 5.32 Å². The fourth-order valence-electron chi connectivity index (χ4n) is 0.582. The number of rotatable bonds is 4. The van der Waals surface area contributed by atoms with E-state index in [1.54, 1.807) is 0 Å². The lowest BCUT2D eigenvalue weighted by Crippen LogP contribution is -2.42. The predicted molar refractivity (Wildman–Crippen MR) is 52.4 cm³/mol. The molecule has 0 aliphatic heterocycles. The molecule has 0 aromatic carbocycles. The summed E-state index contributed by atoms with van der Waals surface area (Å²) < 4.78 is 0. The smallest absolute Gasteiger partial charge is 0.227 e. The molecule has 1 atom stereocenters. The van der Waals surface area contributed by atoms with Crippen LogP contribution in [0.3, 0.4) is 0 Å². The first-order valence-electron chi connectivity index (χ1n) is 4.31. The molecule has 0 aliphatic carbocycles. The molecule has 0 saturated heterocycles. The van der Waals surface area contributed by atoms with Gasteiger partial charge in [-0.05, 0) is 27.2 Å². The van der Waals surface area contributed by atoms with Gasteiger partial charge in [-0.25, -0.2) is 0 Å². The van der Waals surface area contributed by atoms with Gasteiger partial charge in [0.05, 0.1) is 5.41 Å². The maximum atomic E-state index is 11.5. The van der Waals surface area contributed by atoms with Crippen molar-refractivity contribution in [2.75, 3.05) is 5.88 Å². The van der Waals surface area contributed by atoms with Crippen molar-refractivity contribution in [1.29, 1.82) is 0 Å². The standard InChI is InChI=1S/C9H18ClNO/c1-5-7(2)11-8(12)9(3,4)6-10/h7H,5-6H2,1-4H3,(H,11,12). The minimum Gasteiger partial charge on any atom is -0.353 e. The minimum absolute atomic E-state index is 0.0341. The molecule has 0 aromatic heterocycles. The third-order valence-corrected chi connectivity index (χ3v) is 2.61. The second-order valence-corrected chi connectivity index (χ2v) is 4.07. The van der Waals surface area contributed by atoms with Crippen LogP contribution in [-0.4, -0.2) is 17.8 Å². The first-order valence-corrected chi connectivity index (χ1v) is 4.84. The largest absolute Gasteiger partial charge is 0.353 e. The fraction of sp³-hybridized carbons (Fsp3) is 0.889. The molecular formula is C9H18ClNO. The molecule has 2 nitrogen and oxygen atoms in total. The normalized spacial score (nSPS) is 14.1. The Morgan fingerprint density at radius 1 is 1.58 bits per heavy atom. The summed E-state index contributed by atoms with van der Waals surface area (Å²) in [4.78, 5) is 11.5. The highest BCUT2D eigenvalue weighted by Crippen LogP contribution is 2.17. The van der Waals surface area contributed by atoms with Gasteiger partial charge in [0.15, 0.2) is 0 Å². The van der Waals surface area contributed by atoms with E-state index in [0.29, 0.717) is 5.88 Å². The lowest BCUT2D eigenvalue weighted by molar-refractivity contribution is -0.128. The number of carbonyl (C=O) groups excluding carboxylic acids is 1. The average Bonchev–Trinajstić information content (AvgIpc) is 2.04. The van der Waals surface area contributed by atoms with Gasteiger partial charge in [0.25, 0.3) is 0 Å². The summed E-state index contributed by atoms with van der Waals surface area (Å²) in [6.45, 7) is 7.72. The molecule has 0 radical (unpaired) electrons. The Morgan fingerprint density at radius 2 is 2.08 bits per heavy atom. The summed E-state index contributed by atoms with van der Waals surface area (Å²) in [5.74, 6) is 0.391. The van der Waals surface area contributed by atoms with E-state index in [2.05, 4.69) is 5.32 Å². The maximum Gasteiger partial charge on any atom is 0.227 e. The number of amides is 1. The highest BCUT2D eigenvalue weighted by atomic mass is 35.5. The second kappa shape index (κ2) is 4.70. The van der Waals surface area contributed by atoms with E-state index < -0.39 is 5.41 Å². The van der Waals surface area contributed by atoms with Crippen LogP contribution in [0.25, 0.3) is 0 Å². The molecule has 0 spiro atoms. The molecule has 1 amide bonds. The van der Waals surface area contributed by atoms with Gasteiger partial charge in [-0.2, -0.15) is 0 Å². The Morgan fingerprint density at radius 3 is 2.42 bits per heavy atom. The lowest BCUT2D eigenvalue weighted by Gasteiger charge is -2.22. The topological polar surface area (TPSA) is 29.1 Å². The SMILES string of the molecule is CCC(C)NC(=O)C(C)(C)CCl. The van der Waals surface area contributed by atoms with Crippen molar-refractivity contribution in [2.24, 2.45) is 5.41 Å². The van der Waals surface area contributed by atoms with Crippen LogP contribution >= 0.6 is 11.6 Å². The van der Waals surface area contributed by atoms with Crippen LogP contribution in [0.15, 0.2) is 0 Å². The lowest BCUT2D eigenvalue weighted by atomic mass is 9.95. The van der Waals surface area contributed by atoms with E-state index in [4.69, 9.17) is 11.6 Å². The molecule has 0 saturated carbocycles. The molecule has 12 heavy (non-hydrogen) atoms. The van der Waals surface area contributed by atoms with Crippen molar-refractivity contribution >= 4 is 17.5 Å². The zero-order valence-electron chi connectivity index (χ0n) is 8.28. The van der Waals surface area contributed by atoms with Gasteiger partial charge >= 0.3 is 0 Å². The van der Waals surface area contributed by atoms with E-state index >= 15 is 0 Å². The number of carbonyl (C=O) groups is 1. The summed E-state index contributed by atoms with van der Waals surface area (Å²) in [6.07, 6.45) is 0.949. The van der Waals surface area contributed by atoms with E-state index in [9.17, 15) is 4.79 Å². The Kier molecular flexibility index (Phi) is 4.61. The third-order valence-electron chi connectivity index (χ3n) is 1.94. The van der Waals surface area contributed by atoms with Gasteiger partial charge in [0.2, 0.25) is 5.91 Å². The summed E-state index contributed by atoms with van der Waals surface area (Å²) in [6, 6.07) is 0.236. The van der Waals surface area contributed by atoms with Gasteiger partial charge in [-0.15, -0.1) is 11.6 Å². The van der Waals surface area contributed by atoms with Crippen molar-refractivity contribution < 1.29 is 4.79 Å². The Labute approximate surface area is 79.7 Å². The molecule has 0 aromatic rings. The van der Waals surface area contributed by atoms with Crippen molar-refractivity contribution in [1.82, 2.24) is 5.32 Å². The molecule has 72 valence electrons. The van der Waals surface area contributed by atoms with Crippen molar-refractivity contribution in [2.45, 2.75) is 40.2 Å². The maximum absolute atomic E-state index is 11.5. The van der Waals surface area contributed by atoms with Crippen LogP contribution in [0.4, 0.5) is 0 Å². The first kappa shape index (κ1) is 11.8. The summed E-state index contributed by atoms with van der Waals surface area (Å²) >= 11 is 5.65. The van der Waals surface area contributed by atoms with Crippen LogP contribution in [0.2, 0.25) is 0 Å². The van der Waals surface area contributed by atoms with Crippen molar-refractivity contribution in [3.8, 4) is 0 Å². The van der Waals surface area contributed by atoms with Crippen LogP contribution in [0.1, 0.15) is 34.1 Å². The van der Waals surface area contributed by atoms with E-state index in [1.807, 2.05) is 27.7 Å². The van der Waals surface area contributed by atoms with Crippen molar-refractivity contribution in [3.63, 3.8) is 0 Å². The Hall–Kier alpha value is -0.240. The van der Waals surface area contributed by atoms with Crippen LogP contribution in [-0.2, 0) is 4.79 Å². The Balaban J connectivity index is 4.03. The zero-order chi connectivity index (χ0) is 9.78. The number of hydrogen-bond donors (Lipinski definition) is 1. The number of alkyl halides is 1. The Bertz CT molecular complexity index is 157. The molecule has 0 rings (SSSR count). The molecule has 0 bridgehead atoms. The summed E-state index contributed by atoms with van der Waals surface area (Å²) in [5.41, 5.74) is -0.453. The molecular weight excluding hydrogens is 174 g/mol. The van der Waals surface area contributed by atoms with Gasteiger partial charge in [-0.3, -0.25) is 4.79 Å². The minimum atomic E-state index is -0.453. The molecule has 1 unspecified atom stereocenters. The van der Waals surface area contributed by atoms with Gasteiger partial charge in [-0.1, -0.05) is 6.92 Å². The predicted octanol–water partition coefficient (Wildman–Crippen LogP) is 2.17. The van der Waals surface area contributed by atoms with Crippen LogP contribution in [0.5, 0.6) is 0 Å². The van der Waals surface area contributed by atoms with Crippen LogP contribution < -0.4 is 5.32 Å². The zero-order valence-corrected chi connectivity index (χ0v) is 9.03. The number of hydrogen-bond acceptors (Lipinski definition) is 1. The monoisotopic (exact) mass is 191 g/mol. The quantitative estimate of drug-likeness (QED) is 0.679. The molecule has 0 aliphatic rings. The highest BCUT2D eigenvalue weighted by molar-refractivity contribution is 6.19. The second-order valence-electron chi connectivity index (χ2n) is 3.80. The number of halogens is 1. The van der Waals surface area contributed by atoms with E-state index in [-0.39, 0.29) is 11.9 Å². The molecule has 1 N–H and O–H groups in total. The molecule has 0 fully saturated rings. The van der Waals surface area contributed by atoms with Crippen LogP contribution in [0, 0.1) is 5.41 Å². The van der Waals surface area contributed by atoms with Crippen molar-refractivity contribution in [3.05, 3.63) is 0 Å². The molecule has 3 heteroatoms. The number of nitrogens with one attached hydrogen (secondary N) is 1. The van der Waals surface area contributed by atoms with E-state index in [0.717, 1.165) is 6.42 Å². The highest BCUT2D eigenvalue weighted by Gasteiger charge is 2.26. The third kappa shape index (κ3) is 3.44. The fourth-order valence-corrected chi connectivity index (χ4v) is 0.703. The van der Waals surface area contributed by atoms with E-state index in [1.165, 1.54) is 0 Å². The van der Waals surface area contributed by atoms with Gasteiger partial charge in [0, 0.05) is 11.9 Å². The first-order chi connectivity index (χ1) is 5.44. The molecule has 0 heterocycles. The van der Waals surface area contributed by atoms with Gasteiger partial charge in [0.1, 0.15) is 0 Å².